The van der Waals surface area contributed by atoms with Crippen molar-refractivity contribution in [2.45, 2.75) is 91.9 Å². The standard InChI is InChI=1S/C17H38N2P2S2.2C2H6N.Zr/c1-13(2)20(22,14(3)4)18-11-17(9,10)12-19-21(23,15(5)6)16(7)8;2*1-3-2;/h13-16H,11-12H2,1-10H3;2*1-2H3;/q-2;2*-1;+4. The number of hydrogen-bond acceptors (Lipinski definition) is 2. The van der Waals surface area contributed by atoms with E-state index in [0.717, 1.165) is 13.1 Å². The Balaban J connectivity index is -0.000000428. The van der Waals surface area contributed by atoms with Crippen LogP contribution >= 0.6 is 12.4 Å². The summed E-state index contributed by atoms with van der Waals surface area (Å²) in [6.07, 6.45) is -3.32. The maximum Gasteiger partial charge on any atom is 4.00 e. The van der Waals surface area contributed by atoms with Crippen LogP contribution in [-0.4, -0.2) is 63.9 Å². The Morgan fingerprint density at radius 3 is 0.900 bits per heavy atom. The van der Waals surface area contributed by atoms with E-state index < -0.39 is 12.4 Å². The second kappa shape index (κ2) is 19.3. The monoisotopic (exact) mass is 574 g/mol. The molecule has 0 rings (SSSR count). The smallest absolute Gasteiger partial charge is 0.668 e. The zero-order valence-electron chi connectivity index (χ0n) is 22.2. The molecule has 0 radical (unpaired) electrons. The van der Waals surface area contributed by atoms with Crippen LogP contribution in [0, 0.1) is 5.41 Å². The van der Waals surface area contributed by atoms with Crippen molar-refractivity contribution in [2.75, 3.05) is 41.3 Å². The number of nitrogens with zero attached hydrogens (tertiary/aromatic N) is 4. The van der Waals surface area contributed by atoms with Crippen molar-refractivity contribution >= 4 is 36.0 Å². The molecule has 180 valence electrons. The fourth-order valence-corrected chi connectivity index (χ4v) is 7.75. The average molecular weight is 576 g/mol. The van der Waals surface area contributed by atoms with Gasteiger partial charge in [-0.05, 0) is 22.6 Å². The second-order valence-electron chi connectivity index (χ2n) is 9.38. The van der Waals surface area contributed by atoms with Crippen molar-refractivity contribution in [1.82, 2.24) is 0 Å². The van der Waals surface area contributed by atoms with Crippen molar-refractivity contribution in [3.8, 4) is 0 Å². The van der Waals surface area contributed by atoms with E-state index >= 15 is 0 Å². The molecule has 0 aliphatic rings. The predicted octanol–water partition coefficient (Wildman–Crippen LogP) is 8.42. The molecule has 0 bridgehead atoms. The minimum Gasteiger partial charge on any atom is -0.668 e. The summed E-state index contributed by atoms with van der Waals surface area (Å²) in [5, 5.41) is 17.1. The average Bonchev–Trinajstić information content (AvgIpc) is 2.58. The zero-order valence-corrected chi connectivity index (χ0v) is 28.1. The Labute approximate surface area is 220 Å². The van der Waals surface area contributed by atoms with Crippen molar-refractivity contribution in [3.63, 3.8) is 0 Å². The minimum absolute atomic E-state index is 0. The fourth-order valence-electron chi connectivity index (χ4n) is 2.50. The summed E-state index contributed by atoms with van der Waals surface area (Å²) in [5.74, 6) is 0. The number of rotatable bonds is 10. The Hall–Kier alpha value is 2.02. The largest absolute Gasteiger partial charge is 4.00 e. The number of hydrogen-bond donors (Lipinski definition) is 0. The van der Waals surface area contributed by atoms with Gasteiger partial charge in [-0.2, -0.15) is 28.2 Å². The third kappa shape index (κ3) is 15.8. The van der Waals surface area contributed by atoms with Crippen LogP contribution in [0.5, 0.6) is 0 Å². The molecule has 0 saturated carbocycles. The quantitative estimate of drug-likeness (QED) is 0.246. The SMILES string of the molecule is CC(C)P(=S)([N-]CC(C)(C)C[N-]P(=S)(C(C)C)C(C)C)C(C)C.C[N-]C.C[N-]C.[Zr+4]. The predicted molar refractivity (Wildman–Crippen MR) is 150 cm³/mol. The molecule has 0 unspecified atom stereocenters. The summed E-state index contributed by atoms with van der Waals surface area (Å²) >= 11 is 11.9. The minimum atomic E-state index is -1.66. The molecule has 0 N–H and O–H groups in total. The van der Waals surface area contributed by atoms with Crippen molar-refractivity contribution < 1.29 is 26.2 Å². The van der Waals surface area contributed by atoms with Gasteiger partial charge in [0.2, 0.25) is 0 Å². The van der Waals surface area contributed by atoms with Crippen LogP contribution < -0.4 is 0 Å². The summed E-state index contributed by atoms with van der Waals surface area (Å²) in [4.78, 5) is 0. The van der Waals surface area contributed by atoms with Gasteiger partial charge in [0.1, 0.15) is 0 Å². The molecule has 0 aliphatic heterocycles. The molecule has 0 saturated heterocycles. The van der Waals surface area contributed by atoms with Gasteiger partial charge in [0.05, 0.1) is 0 Å². The normalized spacial score (nSPS) is 12.3. The molecule has 0 aliphatic carbocycles. The third-order valence-corrected chi connectivity index (χ3v) is 17.2. The Bertz CT molecular complexity index is 433. The first-order valence-electron chi connectivity index (χ1n) is 10.5. The van der Waals surface area contributed by atoms with E-state index in [9.17, 15) is 0 Å². The summed E-state index contributed by atoms with van der Waals surface area (Å²) in [6, 6.07) is 0. The molecule has 0 heterocycles. The topological polar surface area (TPSA) is 56.4 Å². The van der Waals surface area contributed by atoms with Crippen LogP contribution in [0.4, 0.5) is 0 Å². The Morgan fingerprint density at radius 2 is 0.767 bits per heavy atom. The van der Waals surface area contributed by atoms with E-state index in [2.05, 4.69) is 79.9 Å². The second-order valence-corrected chi connectivity index (χ2v) is 20.3. The van der Waals surface area contributed by atoms with Crippen LogP contribution in [0.25, 0.3) is 20.8 Å². The van der Waals surface area contributed by atoms with Gasteiger partial charge in [0.25, 0.3) is 0 Å². The van der Waals surface area contributed by atoms with Gasteiger partial charge in [-0.3, -0.25) is 0 Å². The molecule has 0 fully saturated rings. The first-order chi connectivity index (χ1) is 13.0. The third-order valence-electron chi connectivity index (χ3n) is 4.40. The van der Waals surface area contributed by atoms with Crippen LogP contribution in [-0.2, 0) is 49.8 Å². The maximum absolute atomic E-state index is 5.96. The molecule has 4 nitrogen and oxygen atoms in total. The molecule has 0 amide bonds. The summed E-state index contributed by atoms with van der Waals surface area (Å²) in [5.41, 5.74) is 1.94. The van der Waals surface area contributed by atoms with Crippen LogP contribution in [0.3, 0.4) is 0 Å². The van der Waals surface area contributed by atoms with Gasteiger partial charge in [-0.15, -0.1) is 49.1 Å². The maximum atomic E-state index is 5.96. The summed E-state index contributed by atoms with van der Waals surface area (Å²) in [7, 11) is 7.00. The van der Waals surface area contributed by atoms with E-state index in [4.69, 9.17) is 33.8 Å². The van der Waals surface area contributed by atoms with Crippen LogP contribution in [0.2, 0.25) is 0 Å². The van der Waals surface area contributed by atoms with E-state index in [1.165, 1.54) is 0 Å². The van der Waals surface area contributed by atoms with Gasteiger partial charge >= 0.3 is 26.2 Å². The van der Waals surface area contributed by atoms with Gasteiger partial charge in [0, 0.05) is 0 Å². The summed E-state index contributed by atoms with van der Waals surface area (Å²) in [6.45, 7) is 23.9. The molecular formula is C21H50N4P2S2Zr. The molecule has 9 heteroatoms. The molecular weight excluding hydrogens is 526 g/mol. The van der Waals surface area contributed by atoms with Crippen molar-refractivity contribution in [3.05, 3.63) is 20.8 Å². The first-order valence-corrected chi connectivity index (χ1v) is 16.3. The van der Waals surface area contributed by atoms with E-state index in [-0.39, 0.29) is 31.6 Å². The van der Waals surface area contributed by atoms with Gasteiger partial charge in [0.15, 0.2) is 0 Å². The van der Waals surface area contributed by atoms with E-state index in [1.807, 2.05) is 0 Å². The van der Waals surface area contributed by atoms with Crippen LogP contribution in [0.1, 0.15) is 69.2 Å². The van der Waals surface area contributed by atoms with E-state index in [0.29, 0.717) is 22.6 Å². The van der Waals surface area contributed by atoms with E-state index in [1.54, 1.807) is 28.2 Å². The molecule has 0 aromatic carbocycles. The van der Waals surface area contributed by atoms with Crippen LogP contribution in [0.15, 0.2) is 0 Å². The Morgan fingerprint density at radius 1 is 0.600 bits per heavy atom. The summed E-state index contributed by atoms with van der Waals surface area (Å²) < 4.78 is 0. The van der Waals surface area contributed by atoms with Crippen molar-refractivity contribution in [2.24, 2.45) is 5.41 Å². The molecule has 0 aromatic heterocycles. The molecule has 0 atom stereocenters. The van der Waals surface area contributed by atoms with Gasteiger partial charge in [-0.1, -0.05) is 74.7 Å². The first kappa shape index (κ1) is 39.2. The molecule has 30 heavy (non-hydrogen) atoms. The van der Waals surface area contributed by atoms with Gasteiger partial charge in [-0.25, -0.2) is 0 Å². The van der Waals surface area contributed by atoms with Crippen molar-refractivity contribution in [1.29, 1.82) is 0 Å². The fraction of sp³-hybridized carbons (Fsp3) is 1.00. The zero-order chi connectivity index (χ0) is 24.1. The molecule has 0 aromatic rings. The molecule has 0 spiro atoms. The Kier molecular flexibility index (Phi) is 25.3. The van der Waals surface area contributed by atoms with Gasteiger partial charge < -0.3 is 20.8 Å².